The number of nitrogens with zero attached hydrogens (tertiary/aromatic N) is 2. The van der Waals surface area contributed by atoms with Gasteiger partial charge in [0.2, 0.25) is 0 Å². The molecule has 1 aromatic rings. The Morgan fingerprint density at radius 3 is 2.68 bits per heavy atom. The van der Waals surface area contributed by atoms with Crippen LogP contribution in [0.4, 0.5) is 4.79 Å². The van der Waals surface area contributed by atoms with Gasteiger partial charge in [0.1, 0.15) is 0 Å². The zero-order valence-electron chi connectivity index (χ0n) is 15.0. The highest BCUT2D eigenvalue weighted by atomic mass is 32.2. The van der Waals surface area contributed by atoms with Crippen molar-refractivity contribution in [1.29, 1.82) is 0 Å². The van der Waals surface area contributed by atoms with E-state index in [1.54, 1.807) is 16.7 Å². The van der Waals surface area contributed by atoms with Gasteiger partial charge in [-0.2, -0.15) is 0 Å². The van der Waals surface area contributed by atoms with Crippen molar-refractivity contribution in [3.8, 4) is 0 Å². The molecule has 1 saturated heterocycles. The average Bonchev–Trinajstić information content (AvgIpc) is 2.61. The summed E-state index contributed by atoms with van der Waals surface area (Å²) in [6, 6.07) is 8.75. The Morgan fingerprint density at radius 2 is 2.04 bits per heavy atom. The highest BCUT2D eigenvalue weighted by molar-refractivity contribution is 7.99. The number of nitrogens with two attached hydrogens (primary N) is 1. The fourth-order valence-electron chi connectivity index (χ4n) is 2.64. The van der Waals surface area contributed by atoms with Gasteiger partial charge in [-0.15, -0.1) is 11.8 Å². The topological polar surface area (TPSA) is 80.0 Å². The lowest BCUT2D eigenvalue weighted by atomic mass is 10.1. The number of amides is 1. The van der Waals surface area contributed by atoms with E-state index in [4.69, 9.17) is 10.5 Å². The number of aliphatic imine (C=N–C) groups is 1. The maximum atomic E-state index is 11.7. The van der Waals surface area contributed by atoms with Gasteiger partial charge in [0.05, 0.1) is 13.2 Å². The third-order valence-electron chi connectivity index (χ3n) is 4.04. The maximum absolute atomic E-state index is 11.7. The summed E-state index contributed by atoms with van der Waals surface area (Å²) in [5.74, 6) is 1.38. The fraction of sp³-hybridized carbons (Fsp3) is 0.556. The number of thioether (sulfide) groups is 1. The number of benzene rings is 1. The molecule has 1 aliphatic heterocycles. The predicted molar refractivity (Wildman–Crippen MR) is 103 cm³/mol. The smallest absolute Gasteiger partial charge is 0.409 e. The minimum Gasteiger partial charge on any atom is -0.450 e. The molecule has 138 valence electrons. The number of aryl methyl sites for hydroxylation is 1. The minimum atomic E-state index is -0.226. The standard InChI is InChI=1S/C18H28N4O2S/c1-3-24-18(23)22-11-8-15(9-12-22)21-17(19)20-10-13-25-16-6-4-14(2)5-7-16/h4-7,15H,3,8-13H2,1-2H3,(H3,19,20,21). The largest absolute Gasteiger partial charge is 0.450 e. The van der Waals surface area contributed by atoms with Gasteiger partial charge in [-0.05, 0) is 38.8 Å². The van der Waals surface area contributed by atoms with Crippen LogP contribution in [0.15, 0.2) is 34.2 Å². The van der Waals surface area contributed by atoms with Gasteiger partial charge in [0.15, 0.2) is 5.96 Å². The molecule has 0 aliphatic carbocycles. The fourth-order valence-corrected chi connectivity index (χ4v) is 3.39. The molecule has 0 bridgehead atoms. The van der Waals surface area contributed by atoms with Crippen molar-refractivity contribution in [2.75, 3.05) is 32.0 Å². The Balaban J connectivity index is 1.64. The first-order valence-electron chi connectivity index (χ1n) is 8.76. The van der Waals surface area contributed by atoms with Crippen LogP contribution in [-0.4, -0.2) is 55.0 Å². The number of piperidine rings is 1. The number of guanidine groups is 1. The summed E-state index contributed by atoms with van der Waals surface area (Å²) in [6.45, 7) is 6.37. The molecule has 25 heavy (non-hydrogen) atoms. The van der Waals surface area contributed by atoms with E-state index in [1.807, 2.05) is 6.92 Å². The van der Waals surface area contributed by atoms with Crippen LogP contribution in [0, 0.1) is 6.92 Å². The van der Waals surface area contributed by atoms with Gasteiger partial charge in [-0.1, -0.05) is 17.7 Å². The normalized spacial score (nSPS) is 15.9. The van der Waals surface area contributed by atoms with Crippen molar-refractivity contribution >= 4 is 23.8 Å². The Kier molecular flexibility index (Phi) is 7.91. The first-order chi connectivity index (χ1) is 12.1. The molecule has 0 spiro atoms. The van der Waals surface area contributed by atoms with E-state index in [9.17, 15) is 4.79 Å². The summed E-state index contributed by atoms with van der Waals surface area (Å²) in [7, 11) is 0. The number of ether oxygens (including phenoxy) is 1. The molecule has 2 rings (SSSR count). The zero-order chi connectivity index (χ0) is 18.1. The molecule has 1 heterocycles. The molecular formula is C18H28N4O2S. The van der Waals surface area contributed by atoms with E-state index < -0.39 is 0 Å². The van der Waals surface area contributed by atoms with E-state index in [1.165, 1.54) is 10.5 Å². The number of rotatable bonds is 6. The van der Waals surface area contributed by atoms with Crippen LogP contribution in [0.2, 0.25) is 0 Å². The van der Waals surface area contributed by atoms with E-state index in [0.29, 0.717) is 32.2 Å². The van der Waals surface area contributed by atoms with Crippen LogP contribution in [0.3, 0.4) is 0 Å². The van der Waals surface area contributed by atoms with Gasteiger partial charge in [0.25, 0.3) is 0 Å². The molecule has 7 heteroatoms. The van der Waals surface area contributed by atoms with Crippen molar-refractivity contribution in [1.82, 2.24) is 10.2 Å². The second-order valence-corrected chi connectivity index (χ2v) is 7.20. The molecule has 3 N–H and O–H groups in total. The number of hydrogen-bond acceptors (Lipinski definition) is 4. The molecule has 0 aromatic heterocycles. The first kappa shape index (κ1) is 19.4. The number of likely N-dealkylation sites (tertiary alicyclic amines) is 1. The Labute approximate surface area is 154 Å². The molecule has 0 unspecified atom stereocenters. The van der Waals surface area contributed by atoms with E-state index >= 15 is 0 Å². The lowest BCUT2D eigenvalue weighted by Gasteiger charge is -2.31. The van der Waals surface area contributed by atoms with Crippen LogP contribution < -0.4 is 11.1 Å². The van der Waals surface area contributed by atoms with Gasteiger partial charge in [-0.3, -0.25) is 4.99 Å². The second-order valence-electron chi connectivity index (χ2n) is 6.03. The van der Waals surface area contributed by atoms with Crippen LogP contribution in [0.1, 0.15) is 25.3 Å². The number of carbonyl (C=O) groups excluding carboxylic acids is 1. The van der Waals surface area contributed by atoms with Crippen LogP contribution in [0.5, 0.6) is 0 Å². The van der Waals surface area contributed by atoms with Crippen molar-refractivity contribution in [2.24, 2.45) is 10.7 Å². The summed E-state index contributed by atoms with van der Waals surface area (Å²) in [5, 5.41) is 3.26. The third-order valence-corrected chi connectivity index (χ3v) is 5.03. The number of nitrogens with one attached hydrogen (secondary N) is 1. The van der Waals surface area contributed by atoms with Crippen LogP contribution >= 0.6 is 11.8 Å². The maximum Gasteiger partial charge on any atom is 0.409 e. The summed E-state index contributed by atoms with van der Waals surface area (Å²) in [4.78, 5) is 19.1. The molecule has 1 amide bonds. The Hall–Kier alpha value is -1.89. The second kappa shape index (κ2) is 10.2. The predicted octanol–water partition coefficient (Wildman–Crippen LogP) is 2.61. The molecule has 1 aromatic carbocycles. The molecule has 1 fully saturated rings. The number of carbonyl (C=O) groups is 1. The van der Waals surface area contributed by atoms with Crippen molar-refractivity contribution in [3.05, 3.63) is 29.8 Å². The molecule has 0 saturated carbocycles. The molecule has 6 nitrogen and oxygen atoms in total. The number of hydrogen-bond donors (Lipinski definition) is 2. The zero-order valence-corrected chi connectivity index (χ0v) is 15.8. The summed E-state index contributed by atoms with van der Waals surface area (Å²) in [5.41, 5.74) is 7.24. The third kappa shape index (κ3) is 6.86. The quantitative estimate of drug-likeness (QED) is 0.351. The molecule has 0 radical (unpaired) electrons. The lowest BCUT2D eigenvalue weighted by Crippen LogP contribution is -2.48. The van der Waals surface area contributed by atoms with Gasteiger partial charge in [0, 0.05) is 29.8 Å². The van der Waals surface area contributed by atoms with E-state index in [0.717, 1.165) is 18.6 Å². The highest BCUT2D eigenvalue weighted by Gasteiger charge is 2.23. The highest BCUT2D eigenvalue weighted by Crippen LogP contribution is 2.17. The van der Waals surface area contributed by atoms with Gasteiger partial charge in [-0.25, -0.2) is 4.79 Å². The van der Waals surface area contributed by atoms with Crippen LogP contribution in [0.25, 0.3) is 0 Å². The Morgan fingerprint density at radius 1 is 1.36 bits per heavy atom. The van der Waals surface area contributed by atoms with E-state index in [-0.39, 0.29) is 12.1 Å². The van der Waals surface area contributed by atoms with E-state index in [2.05, 4.69) is 41.5 Å². The summed E-state index contributed by atoms with van der Waals surface area (Å²) < 4.78 is 5.02. The van der Waals surface area contributed by atoms with Crippen LogP contribution in [-0.2, 0) is 4.74 Å². The molecule has 0 atom stereocenters. The van der Waals surface area contributed by atoms with Crippen molar-refractivity contribution in [3.63, 3.8) is 0 Å². The first-order valence-corrected chi connectivity index (χ1v) is 9.74. The SMILES string of the molecule is CCOC(=O)N1CCC(NC(N)=NCCSc2ccc(C)cc2)CC1. The monoisotopic (exact) mass is 364 g/mol. The Bertz CT molecular complexity index is 569. The molecular weight excluding hydrogens is 336 g/mol. The van der Waals surface area contributed by atoms with Gasteiger partial charge < -0.3 is 20.7 Å². The lowest BCUT2D eigenvalue weighted by molar-refractivity contribution is 0.0963. The minimum absolute atomic E-state index is 0.226. The summed E-state index contributed by atoms with van der Waals surface area (Å²) in [6.07, 6.45) is 1.48. The molecule has 1 aliphatic rings. The van der Waals surface area contributed by atoms with Gasteiger partial charge >= 0.3 is 6.09 Å². The van der Waals surface area contributed by atoms with Crippen molar-refractivity contribution in [2.45, 2.75) is 37.6 Å². The van der Waals surface area contributed by atoms with Crippen molar-refractivity contribution < 1.29 is 9.53 Å². The average molecular weight is 365 g/mol. The summed E-state index contributed by atoms with van der Waals surface area (Å²) >= 11 is 1.78.